The Morgan fingerprint density at radius 2 is 2.06 bits per heavy atom. The third-order valence-corrected chi connectivity index (χ3v) is 2.77. The van der Waals surface area contributed by atoms with Gasteiger partial charge in [0.1, 0.15) is 5.54 Å². The first-order chi connectivity index (χ1) is 8.15. The number of benzene rings is 1. The van der Waals surface area contributed by atoms with Crippen LogP contribution in [0.1, 0.15) is 12.5 Å². The van der Waals surface area contributed by atoms with Crippen molar-refractivity contribution in [3.05, 3.63) is 34.9 Å². The Morgan fingerprint density at radius 3 is 2.50 bits per heavy atom. The van der Waals surface area contributed by atoms with Crippen molar-refractivity contribution in [3.63, 3.8) is 0 Å². The standard InChI is InChI=1S/C11H12ClF3N2O/c1-10(9(16)18,17-6-11(13,14)15)7-3-2-4-8(12)5-7/h2-5,17H,6H2,1H3,(H2,16,18). The van der Waals surface area contributed by atoms with Crippen LogP contribution in [0.2, 0.25) is 5.02 Å². The second kappa shape index (κ2) is 5.16. The van der Waals surface area contributed by atoms with Crippen LogP contribution in [0, 0.1) is 0 Å². The molecule has 1 aromatic rings. The molecule has 0 aromatic heterocycles. The van der Waals surface area contributed by atoms with Crippen molar-refractivity contribution in [1.29, 1.82) is 0 Å². The number of nitrogens with two attached hydrogens (primary N) is 1. The van der Waals surface area contributed by atoms with Gasteiger partial charge in [0.2, 0.25) is 5.91 Å². The molecule has 3 N–H and O–H groups in total. The maximum Gasteiger partial charge on any atom is 0.401 e. The second-order valence-corrected chi connectivity index (χ2v) is 4.40. The highest BCUT2D eigenvalue weighted by Gasteiger charge is 2.37. The number of hydrogen-bond acceptors (Lipinski definition) is 2. The predicted molar refractivity (Wildman–Crippen MR) is 62.1 cm³/mol. The summed E-state index contributed by atoms with van der Waals surface area (Å²) in [5, 5.41) is 2.43. The molecular formula is C11H12ClF3N2O. The van der Waals surface area contributed by atoms with Crippen LogP contribution in [0.4, 0.5) is 13.2 Å². The maximum atomic E-state index is 12.2. The summed E-state index contributed by atoms with van der Waals surface area (Å²) in [7, 11) is 0. The first kappa shape index (κ1) is 14.8. The zero-order valence-corrected chi connectivity index (χ0v) is 10.3. The minimum Gasteiger partial charge on any atom is -0.368 e. The van der Waals surface area contributed by atoms with Crippen molar-refractivity contribution in [2.45, 2.75) is 18.6 Å². The molecule has 1 unspecified atom stereocenters. The van der Waals surface area contributed by atoms with Gasteiger partial charge >= 0.3 is 6.18 Å². The molecule has 0 spiro atoms. The van der Waals surface area contributed by atoms with Crippen LogP contribution in [0.5, 0.6) is 0 Å². The van der Waals surface area contributed by atoms with E-state index in [-0.39, 0.29) is 5.56 Å². The summed E-state index contributed by atoms with van der Waals surface area (Å²) in [6.45, 7) is -0.0360. The molecule has 0 fully saturated rings. The molecule has 3 nitrogen and oxygen atoms in total. The van der Waals surface area contributed by atoms with Crippen LogP contribution in [0.15, 0.2) is 24.3 Å². The molecule has 1 aromatic carbocycles. The lowest BCUT2D eigenvalue weighted by molar-refractivity contribution is -0.135. The van der Waals surface area contributed by atoms with Gasteiger partial charge in [-0.2, -0.15) is 13.2 Å². The second-order valence-electron chi connectivity index (χ2n) is 3.97. The Bertz CT molecular complexity index is 450. The van der Waals surface area contributed by atoms with Gasteiger partial charge in [-0.05, 0) is 24.6 Å². The van der Waals surface area contributed by atoms with E-state index in [1.807, 2.05) is 0 Å². The van der Waals surface area contributed by atoms with Gasteiger partial charge in [0.25, 0.3) is 0 Å². The molecule has 0 aliphatic heterocycles. The van der Waals surface area contributed by atoms with Gasteiger partial charge in [-0.25, -0.2) is 0 Å². The number of alkyl halides is 3. The normalized spacial score (nSPS) is 15.2. The van der Waals surface area contributed by atoms with Gasteiger partial charge < -0.3 is 5.73 Å². The summed E-state index contributed by atoms with van der Waals surface area (Å²) in [5.74, 6) is -0.908. The molecule has 1 amide bonds. The lowest BCUT2D eigenvalue weighted by Crippen LogP contribution is -2.53. The molecule has 0 saturated carbocycles. The monoisotopic (exact) mass is 280 g/mol. The van der Waals surface area contributed by atoms with E-state index in [4.69, 9.17) is 17.3 Å². The van der Waals surface area contributed by atoms with E-state index in [1.54, 1.807) is 6.07 Å². The molecule has 1 atom stereocenters. The van der Waals surface area contributed by atoms with Crippen LogP contribution in [0.3, 0.4) is 0 Å². The summed E-state index contributed by atoms with van der Waals surface area (Å²) >= 11 is 5.74. The molecule has 0 aliphatic carbocycles. The van der Waals surface area contributed by atoms with E-state index in [0.717, 1.165) is 0 Å². The van der Waals surface area contributed by atoms with E-state index in [1.165, 1.54) is 25.1 Å². The van der Waals surface area contributed by atoms with E-state index in [9.17, 15) is 18.0 Å². The van der Waals surface area contributed by atoms with Gasteiger partial charge in [0, 0.05) is 5.02 Å². The summed E-state index contributed by atoms with van der Waals surface area (Å²) in [6, 6.07) is 5.97. The van der Waals surface area contributed by atoms with Crippen LogP contribution >= 0.6 is 11.6 Å². The Labute approximate surface area is 107 Å². The predicted octanol–water partition coefficient (Wildman–Crippen LogP) is 2.19. The molecule has 0 radical (unpaired) electrons. The van der Waals surface area contributed by atoms with Crippen LogP contribution in [-0.2, 0) is 10.3 Å². The number of nitrogens with one attached hydrogen (secondary N) is 1. The van der Waals surface area contributed by atoms with Gasteiger partial charge in [-0.1, -0.05) is 23.7 Å². The molecule has 0 saturated heterocycles. The number of primary amides is 1. The molecule has 0 heterocycles. The SMILES string of the molecule is CC(NCC(F)(F)F)(C(N)=O)c1cccc(Cl)c1. The highest BCUT2D eigenvalue weighted by atomic mass is 35.5. The van der Waals surface area contributed by atoms with Crippen molar-refractivity contribution in [2.75, 3.05) is 6.54 Å². The number of amides is 1. The first-order valence-corrected chi connectivity index (χ1v) is 5.41. The Balaban J connectivity index is 3.04. The topological polar surface area (TPSA) is 55.1 Å². The highest BCUT2D eigenvalue weighted by Crippen LogP contribution is 2.25. The van der Waals surface area contributed by atoms with Gasteiger partial charge in [0.05, 0.1) is 6.54 Å². The number of carbonyl (C=O) groups excluding carboxylic acids is 1. The molecule has 1 rings (SSSR count). The van der Waals surface area contributed by atoms with Crippen molar-refractivity contribution in [2.24, 2.45) is 5.73 Å². The summed E-state index contributed by atoms with van der Waals surface area (Å²) in [5.41, 5.74) is 3.83. The third kappa shape index (κ3) is 3.61. The molecule has 0 aliphatic rings. The van der Waals surface area contributed by atoms with Crippen molar-refractivity contribution in [1.82, 2.24) is 5.32 Å². The Hall–Kier alpha value is -1.27. The largest absolute Gasteiger partial charge is 0.401 e. The maximum absolute atomic E-state index is 12.2. The average Bonchev–Trinajstić information content (AvgIpc) is 2.24. The Morgan fingerprint density at radius 1 is 1.44 bits per heavy atom. The first-order valence-electron chi connectivity index (χ1n) is 5.03. The summed E-state index contributed by atoms with van der Waals surface area (Å²) in [6.07, 6.45) is -4.44. The van der Waals surface area contributed by atoms with Gasteiger partial charge in [0.15, 0.2) is 0 Å². The number of halogens is 4. The molecule has 0 bridgehead atoms. The molecular weight excluding hydrogens is 269 g/mol. The summed E-state index contributed by atoms with van der Waals surface area (Å²) in [4.78, 5) is 11.4. The minimum absolute atomic E-state index is 0.284. The fourth-order valence-electron chi connectivity index (χ4n) is 1.41. The summed E-state index contributed by atoms with van der Waals surface area (Å²) < 4.78 is 36.6. The van der Waals surface area contributed by atoms with E-state index >= 15 is 0 Å². The third-order valence-electron chi connectivity index (χ3n) is 2.54. The molecule has 100 valence electrons. The lowest BCUT2D eigenvalue weighted by atomic mass is 9.91. The van der Waals surface area contributed by atoms with Crippen LogP contribution in [-0.4, -0.2) is 18.6 Å². The van der Waals surface area contributed by atoms with Crippen molar-refractivity contribution < 1.29 is 18.0 Å². The van der Waals surface area contributed by atoms with Crippen molar-refractivity contribution in [3.8, 4) is 0 Å². The molecule has 7 heteroatoms. The lowest BCUT2D eigenvalue weighted by Gasteiger charge is -2.28. The number of hydrogen-bond donors (Lipinski definition) is 2. The van der Waals surface area contributed by atoms with E-state index < -0.39 is 24.2 Å². The fraction of sp³-hybridized carbons (Fsp3) is 0.364. The van der Waals surface area contributed by atoms with E-state index in [2.05, 4.69) is 5.32 Å². The zero-order valence-electron chi connectivity index (χ0n) is 9.51. The average molecular weight is 281 g/mol. The zero-order chi connectivity index (χ0) is 14.0. The number of carbonyl (C=O) groups is 1. The van der Waals surface area contributed by atoms with Crippen LogP contribution in [0.25, 0.3) is 0 Å². The number of rotatable bonds is 4. The van der Waals surface area contributed by atoms with Crippen molar-refractivity contribution >= 4 is 17.5 Å². The van der Waals surface area contributed by atoms with Gasteiger partial charge in [-0.15, -0.1) is 0 Å². The molecule has 18 heavy (non-hydrogen) atoms. The fourth-order valence-corrected chi connectivity index (χ4v) is 1.60. The van der Waals surface area contributed by atoms with Gasteiger partial charge in [-0.3, -0.25) is 10.1 Å². The smallest absolute Gasteiger partial charge is 0.368 e. The highest BCUT2D eigenvalue weighted by molar-refractivity contribution is 6.30. The van der Waals surface area contributed by atoms with E-state index in [0.29, 0.717) is 5.02 Å². The Kier molecular flexibility index (Phi) is 4.24. The van der Waals surface area contributed by atoms with Crippen LogP contribution < -0.4 is 11.1 Å². The quantitative estimate of drug-likeness (QED) is 0.888. The minimum atomic E-state index is -4.44.